The average Bonchev–Trinajstić information content (AvgIpc) is 3.00. The number of non-ortho nitro benzene ring substituents is 1. The van der Waals surface area contributed by atoms with E-state index in [1.54, 1.807) is 4.90 Å². The smallest absolute Gasteiger partial charge is 0.269 e. The van der Waals surface area contributed by atoms with Crippen molar-refractivity contribution in [3.8, 4) is 0 Å². The molecule has 8 heteroatoms. The van der Waals surface area contributed by atoms with E-state index in [1.807, 2.05) is 0 Å². The predicted molar refractivity (Wildman–Crippen MR) is 80.8 cm³/mol. The molecule has 0 aliphatic carbocycles. The topological polar surface area (TPSA) is 102 Å². The van der Waals surface area contributed by atoms with E-state index in [0.717, 1.165) is 19.4 Å². The van der Waals surface area contributed by atoms with Gasteiger partial charge in [0.1, 0.15) is 6.10 Å². The van der Waals surface area contributed by atoms with Crippen molar-refractivity contribution in [3.05, 3.63) is 34.4 Å². The number of ether oxygens (including phenoxy) is 1. The first-order valence-corrected chi connectivity index (χ1v) is 7.51. The summed E-state index contributed by atoms with van der Waals surface area (Å²) >= 11 is 0. The molecule has 0 radical (unpaired) electrons. The first kappa shape index (κ1) is 15.4. The molecule has 0 spiro atoms. The number of carbonyl (C=O) groups is 2. The molecule has 2 saturated heterocycles. The van der Waals surface area contributed by atoms with Crippen molar-refractivity contribution in [2.45, 2.75) is 31.4 Å². The van der Waals surface area contributed by atoms with Crippen LogP contribution in [0.3, 0.4) is 0 Å². The lowest BCUT2D eigenvalue weighted by Crippen LogP contribution is -2.51. The molecular weight excluding hydrogens is 302 g/mol. The van der Waals surface area contributed by atoms with E-state index in [0.29, 0.717) is 12.3 Å². The normalized spacial score (nSPS) is 23.5. The van der Waals surface area contributed by atoms with Gasteiger partial charge in [-0.2, -0.15) is 0 Å². The summed E-state index contributed by atoms with van der Waals surface area (Å²) < 4.78 is 5.52. The van der Waals surface area contributed by atoms with Crippen molar-refractivity contribution in [3.63, 3.8) is 0 Å². The monoisotopic (exact) mass is 319 g/mol. The van der Waals surface area contributed by atoms with Gasteiger partial charge >= 0.3 is 0 Å². The fourth-order valence-electron chi connectivity index (χ4n) is 2.98. The molecule has 3 rings (SSSR count). The van der Waals surface area contributed by atoms with Gasteiger partial charge in [-0.1, -0.05) is 0 Å². The lowest BCUT2D eigenvalue weighted by molar-refractivity contribution is -0.384. The van der Waals surface area contributed by atoms with Gasteiger partial charge in [-0.25, -0.2) is 0 Å². The summed E-state index contributed by atoms with van der Waals surface area (Å²) in [5, 5.41) is 13.2. The highest BCUT2D eigenvalue weighted by Crippen LogP contribution is 2.25. The molecule has 23 heavy (non-hydrogen) atoms. The number of nitro benzene ring substituents is 1. The average molecular weight is 319 g/mol. The highest BCUT2D eigenvalue weighted by Gasteiger charge is 2.39. The summed E-state index contributed by atoms with van der Waals surface area (Å²) in [6, 6.07) is 5.68. The third kappa shape index (κ3) is 3.31. The van der Waals surface area contributed by atoms with Crippen molar-refractivity contribution in [1.29, 1.82) is 0 Å². The Morgan fingerprint density at radius 3 is 2.83 bits per heavy atom. The van der Waals surface area contributed by atoms with Crippen LogP contribution in [-0.4, -0.2) is 46.9 Å². The van der Waals surface area contributed by atoms with Gasteiger partial charge in [-0.05, 0) is 25.0 Å². The Bertz CT molecular complexity index is 631. The van der Waals surface area contributed by atoms with Crippen LogP contribution in [-0.2, 0) is 14.3 Å². The van der Waals surface area contributed by atoms with Gasteiger partial charge in [-0.3, -0.25) is 19.7 Å². The Morgan fingerprint density at radius 2 is 2.13 bits per heavy atom. The number of morpholine rings is 1. The van der Waals surface area contributed by atoms with E-state index in [1.165, 1.54) is 24.3 Å². The second-order valence-electron chi connectivity index (χ2n) is 5.71. The number of nitrogens with zero attached hydrogens (tertiary/aromatic N) is 2. The van der Waals surface area contributed by atoms with Crippen molar-refractivity contribution in [1.82, 2.24) is 4.90 Å². The molecule has 0 saturated carbocycles. The van der Waals surface area contributed by atoms with Crippen LogP contribution in [0, 0.1) is 10.1 Å². The molecule has 2 fully saturated rings. The molecule has 8 nitrogen and oxygen atoms in total. The second kappa shape index (κ2) is 6.33. The minimum Gasteiger partial charge on any atom is -0.366 e. The minimum absolute atomic E-state index is 0.0473. The number of hydrogen-bond acceptors (Lipinski definition) is 5. The lowest BCUT2D eigenvalue weighted by atomic mass is 10.1. The molecular formula is C15H17N3O5. The molecule has 1 aromatic rings. The van der Waals surface area contributed by atoms with Gasteiger partial charge in [-0.15, -0.1) is 0 Å². The lowest BCUT2D eigenvalue weighted by Gasteiger charge is -2.34. The Balaban J connectivity index is 1.56. The van der Waals surface area contributed by atoms with Gasteiger partial charge in [0.15, 0.2) is 0 Å². The maximum Gasteiger partial charge on any atom is 0.269 e. The summed E-state index contributed by atoms with van der Waals surface area (Å²) in [7, 11) is 0. The second-order valence-corrected chi connectivity index (χ2v) is 5.71. The quantitative estimate of drug-likeness (QED) is 0.666. The van der Waals surface area contributed by atoms with E-state index < -0.39 is 11.0 Å². The first-order chi connectivity index (χ1) is 11.0. The molecule has 0 aromatic heterocycles. The van der Waals surface area contributed by atoms with Crippen LogP contribution >= 0.6 is 0 Å². The zero-order valence-electron chi connectivity index (χ0n) is 12.4. The Hall–Kier alpha value is -2.48. The van der Waals surface area contributed by atoms with Gasteiger partial charge < -0.3 is 15.0 Å². The van der Waals surface area contributed by atoms with Crippen molar-refractivity contribution in [2.24, 2.45) is 0 Å². The first-order valence-electron chi connectivity index (χ1n) is 7.51. The van der Waals surface area contributed by atoms with Crippen LogP contribution in [0.1, 0.15) is 19.3 Å². The van der Waals surface area contributed by atoms with E-state index >= 15 is 0 Å². The summed E-state index contributed by atoms with van der Waals surface area (Å²) in [6.45, 7) is 1.20. The summed E-state index contributed by atoms with van der Waals surface area (Å²) in [4.78, 5) is 36.2. The number of nitrogens with one attached hydrogen (secondary N) is 1. The van der Waals surface area contributed by atoms with Gasteiger partial charge in [0.25, 0.3) is 11.6 Å². The van der Waals surface area contributed by atoms with Crippen molar-refractivity contribution >= 4 is 23.2 Å². The van der Waals surface area contributed by atoms with E-state index in [4.69, 9.17) is 4.74 Å². The van der Waals surface area contributed by atoms with E-state index in [2.05, 4.69) is 5.32 Å². The van der Waals surface area contributed by atoms with Crippen LogP contribution in [0.4, 0.5) is 11.4 Å². The SMILES string of the molecule is O=C(C[C@H]1OC[C@@H]2CCCN2C1=O)Nc1ccc([N+](=O)[O-])cc1. The molecule has 0 bridgehead atoms. The molecule has 1 aromatic carbocycles. The maximum atomic E-state index is 12.3. The number of fused-ring (bicyclic) bond motifs is 1. The number of carbonyl (C=O) groups excluding carboxylic acids is 2. The van der Waals surface area contributed by atoms with Crippen molar-refractivity contribution in [2.75, 3.05) is 18.5 Å². The largest absolute Gasteiger partial charge is 0.366 e. The van der Waals surface area contributed by atoms with Crippen LogP contribution in [0.15, 0.2) is 24.3 Å². The van der Waals surface area contributed by atoms with Gasteiger partial charge in [0.2, 0.25) is 5.91 Å². The number of hydrogen-bond donors (Lipinski definition) is 1. The van der Waals surface area contributed by atoms with Crippen LogP contribution in [0.25, 0.3) is 0 Å². The Labute approximate surface area is 132 Å². The fraction of sp³-hybridized carbons (Fsp3) is 0.467. The molecule has 1 N–H and O–H groups in total. The van der Waals surface area contributed by atoms with Crippen LogP contribution in [0.2, 0.25) is 0 Å². The Morgan fingerprint density at radius 1 is 1.39 bits per heavy atom. The molecule has 2 aliphatic rings. The highest BCUT2D eigenvalue weighted by atomic mass is 16.6. The molecule has 122 valence electrons. The number of benzene rings is 1. The highest BCUT2D eigenvalue weighted by molar-refractivity contribution is 5.95. The minimum atomic E-state index is -0.748. The number of amides is 2. The molecule has 0 unspecified atom stereocenters. The van der Waals surface area contributed by atoms with Crippen LogP contribution in [0.5, 0.6) is 0 Å². The Kier molecular flexibility index (Phi) is 4.24. The molecule has 2 aliphatic heterocycles. The standard InChI is InChI=1S/C15H17N3O5/c19-14(16-10-3-5-11(6-4-10)18(21)22)8-13-15(20)17-7-1-2-12(17)9-23-13/h3-6,12-13H,1-2,7-9H2,(H,16,19)/t12-,13+/m0/s1. The van der Waals surface area contributed by atoms with Crippen LogP contribution < -0.4 is 5.32 Å². The van der Waals surface area contributed by atoms with Gasteiger partial charge in [0, 0.05) is 24.4 Å². The summed E-state index contributed by atoms with van der Waals surface area (Å²) in [5.41, 5.74) is 0.400. The summed E-state index contributed by atoms with van der Waals surface area (Å²) in [6.07, 6.45) is 1.12. The van der Waals surface area contributed by atoms with E-state index in [-0.39, 0.29) is 30.0 Å². The fourth-order valence-corrected chi connectivity index (χ4v) is 2.98. The predicted octanol–water partition coefficient (Wildman–Crippen LogP) is 1.31. The number of nitro groups is 1. The van der Waals surface area contributed by atoms with Crippen molar-refractivity contribution < 1.29 is 19.2 Å². The molecule has 2 heterocycles. The zero-order valence-corrected chi connectivity index (χ0v) is 12.4. The summed E-state index contributed by atoms with van der Waals surface area (Å²) in [5.74, 6) is -0.479. The number of rotatable bonds is 4. The third-order valence-corrected chi connectivity index (χ3v) is 4.16. The molecule has 2 amide bonds. The van der Waals surface area contributed by atoms with E-state index in [9.17, 15) is 19.7 Å². The van der Waals surface area contributed by atoms with Gasteiger partial charge in [0.05, 0.1) is 24.0 Å². The maximum absolute atomic E-state index is 12.3. The molecule has 2 atom stereocenters. The number of anilines is 1. The third-order valence-electron chi connectivity index (χ3n) is 4.16. The zero-order chi connectivity index (χ0) is 16.4.